The van der Waals surface area contributed by atoms with E-state index < -0.39 is 38.6 Å². The molecule has 0 aliphatic carbocycles. The van der Waals surface area contributed by atoms with Crippen LogP contribution in [0.15, 0.2) is 109 Å². The van der Waals surface area contributed by atoms with Crippen LogP contribution in [0.25, 0.3) is 11.1 Å². The Morgan fingerprint density at radius 2 is 0.650 bits per heavy atom. The van der Waals surface area contributed by atoms with Crippen LogP contribution in [-0.4, -0.2) is 22.2 Å². The Morgan fingerprint density at radius 1 is 0.417 bits per heavy atom. The Bertz CT molecular complexity index is 2250. The molecule has 0 spiro atoms. The standard InChI is InChI=1S/C54H60O4P2/c1-33-19-34(2)24-43(23-33)59(44-25-35(3)20-36(4)26-44)47-17-13-15-41(31-53(9,10)51(55)56)49(47)50-42(32-54(11,12)52(57)58)16-14-18-48(50)60(45-27-37(5)21-38(6)28-45)46-29-39(7)22-40(8)30-46/h13-30H,31-32H2,1-12H3,(H,55,56)(H,57,58). The van der Waals surface area contributed by atoms with Crippen molar-refractivity contribution >= 4 is 59.6 Å². The maximum atomic E-state index is 13.0. The van der Waals surface area contributed by atoms with Gasteiger partial charge < -0.3 is 10.2 Å². The number of rotatable bonds is 13. The second-order valence-corrected chi connectivity index (χ2v) is 22.8. The summed E-state index contributed by atoms with van der Waals surface area (Å²) in [5, 5.41) is 28.5. The van der Waals surface area contributed by atoms with E-state index in [1.54, 1.807) is 27.7 Å². The van der Waals surface area contributed by atoms with Gasteiger partial charge in [0.05, 0.1) is 10.8 Å². The first-order valence-electron chi connectivity index (χ1n) is 20.8. The van der Waals surface area contributed by atoms with Crippen molar-refractivity contribution in [3.63, 3.8) is 0 Å². The van der Waals surface area contributed by atoms with Crippen molar-refractivity contribution in [1.82, 2.24) is 0 Å². The van der Waals surface area contributed by atoms with Gasteiger partial charge in [-0.2, -0.15) is 0 Å². The number of benzene rings is 6. The number of carbonyl (C=O) groups is 2. The highest BCUT2D eigenvalue weighted by atomic mass is 31.1. The summed E-state index contributed by atoms with van der Waals surface area (Å²) in [6.07, 6.45) is 0.574. The predicted molar refractivity (Wildman–Crippen MR) is 257 cm³/mol. The zero-order chi connectivity index (χ0) is 43.8. The summed E-state index contributed by atoms with van der Waals surface area (Å²) < 4.78 is 0. The van der Waals surface area contributed by atoms with E-state index in [0.717, 1.165) is 32.9 Å². The van der Waals surface area contributed by atoms with E-state index in [9.17, 15) is 19.8 Å². The largest absolute Gasteiger partial charge is 0.481 e. The van der Waals surface area contributed by atoms with Crippen molar-refractivity contribution in [2.24, 2.45) is 10.8 Å². The molecule has 0 amide bonds. The average Bonchev–Trinajstić information content (AvgIpc) is 3.10. The van der Waals surface area contributed by atoms with E-state index in [1.807, 2.05) is 0 Å². The van der Waals surface area contributed by atoms with Crippen LogP contribution in [0.1, 0.15) is 83.3 Å². The highest BCUT2D eigenvalue weighted by Gasteiger charge is 2.35. The molecule has 0 bridgehead atoms. The molecule has 0 saturated heterocycles. The van der Waals surface area contributed by atoms with Crippen molar-refractivity contribution in [2.45, 2.75) is 95.9 Å². The lowest BCUT2D eigenvalue weighted by atomic mass is 9.80. The summed E-state index contributed by atoms with van der Waals surface area (Å²) in [7, 11) is -2.41. The SMILES string of the molecule is Cc1cc(C)cc(P(c2cc(C)cc(C)c2)c2cccc(CC(C)(C)C(=O)O)c2-c2c(CC(C)(C)C(=O)O)cccc2P(c2cc(C)cc(C)c2)c2cc(C)cc(C)c2)c1. The van der Waals surface area contributed by atoms with Crippen LogP contribution in [0.5, 0.6) is 0 Å². The summed E-state index contributed by atoms with van der Waals surface area (Å²) >= 11 is 0. The molecule has 0 saturated carbocycles. The van der Waals surface area contributed by atoms with Crippen LogP contribution in [0.3, 0.4) is 0 Å². The molecule has 4 nitrogen and oxygen atoms in total. The van der Waals surface area contributed by atoms with Crippen LogP contribution < -0.4 is 31.8 Å². The second-order valence-electron chi connectivity index (χ2n) is 18.4. The van der Waals surface area contributed by atoms with Crippen molar-refractivity contribution < 1.29 is 19.8 Å². The average molecular weight is 835 g/mol. The Labute approximate surface area is 360 Å². The molecule has 0 aromatic heterocycles. The summed E-state index contributed by atoms with van der Waals surface area (Å²) in [4.78, 5) is 26.1. The van der Waals surface area contributed by atoms with Crippen LogP contribution in [0.2, 0.25) is 0 Å². The maximum Gasteiger partial charge on any atom is 0.309 e. The smallest absolute Gasteiger partial charge is 0.309 e. The van der Waals surface area contributed by atoms with E-state index >= 15 is 0 Å². The second kappa shape index (κ2) is 17.6. The fraction of sp³-hybridized carbons (Fsp3) is 0.296. The number of hydrogen-bond acceptors (Lipinski definition) is 2. The molecule has 0 atom stereocenters. The lowest BCUT2D eigenvalue weighted by molar-refractivity contribution is -0.147. The van der Waals surface area contributed by atoms with E-state index in [2.05, 4.69) is 165 Å². The fourth-order valence-corrected chi connectivity index (χ4v) is 14.5. The van der Waals surface area contributed by atoms with E-state index in [4.69, 9.17) is 0 Å². The van der Waals surface area contributed by atoms with Gasteiger partial charge in [-0.3, -0.25) is 9.59 Å². The van der Waals surface area contributed by atoms with Gasteiger partial charge in [0.2, 0.25) is 0 Å². The molecule has 60 heavy (non-hydrogen) atoms. The molecular formula is C54H60O4P2. The monoisotopic (exact) mass is 834 g/mol. The Hall–Kier alpha value is -4.88. The molecule has 6 aromatic carbocycles. The lowest BCUT2D eigenvalue weighted by Gasteiger charge is -2.32. The number of carboxylic acid groups (broad SMARTS) is 2. The van der Waals surface area contributed by atoms with Crippen LogP contribution in [-0.2, 0) is 22.4 Å². The normalized spacial score (nSPS) is 12.0. The number of carboxylic acids is 2. The van der Waals surface area contributed by atoms with Gasteiger partial charge in [-0.1, -0.05) is 154 Å². The van der Waals surface area contributed by atoms with Crippen molar-refractivity contribution in [3.8, 4) is 11.1 Å². The Balaban J connectivity index is 1.86. The van der Waals surface area contributed by atoms with Crippen molar-refractivity contribution in [2.75, 3.05) is 0 Å². The van der Waals surface area contributed by atoms with Gasteiger partial charge in [0.25, 0.3) is 0 Å². The van der Waals surface area contributed by atoms with Gasteiger partial charge >= 0.3 is 11.9 Å². The topological polar surface area (TPSA) is 74.6 Å². The number of aryl methyl sites for hydroxylation is 8. The van der Waals surface area contributed by atoms with E-state index in [1.165, 1.54) is 65.7 Å². The molecule has 6 rings (SSSR count). The summed E-state index contributed by atoms with van der Waals surface area (Å²) in [5.74, 6) is -1.73. The van der Waals surface area contributed by atoms with E-state index in [0.29, 0.717) is 0 Å². The first-order valence-corrected chi connectivity index (χ1v) is 23.5. The minimum Gasteiger partial charge on any atom is -0.481 e. The molecule has 6 heteroatoms. The Kier molecular flexibility index (Phi) is 13.1. The van der Waals surface area contributed by atoms with Gasteiger partial charge in [0, 0.05) is 0 Å². The van der Waals surface area contributed by atoms with Crippen molar-refractivity contribution in [3.05, 3.63) is 165 Å². The molecule has 0 radical (unpaired) electrons. The molecule has 0 fully saturated rings. The van der Waals surface area contributed by atoms with Gasteiger partial charge in [0.1, 0.15) is 0 Å². The third-order valence-corrected chi connectivity index (χ3v) is 16.1. The first kappa shape index (κ1) is 44.7. The zero-order valence-corrected chi connectivity index (χ0v) is 39.2. The summed E-state index contributed by atoms with van der Waals surface area (Å²) in [5.41, 5.74) is 11.2. The molecule has 310 valence electrons. The van der Waals surface area contributed by atoms with Crippen LogP contribution in [0, 0.1) is 66.2 Å². The van der Waals surface area contributed by atoms with Gasteiger partial charge in [-0.05, 0) is 166 Å². The lowest BCUT2D eigenvalue weighted by Crippen LogP contribution is -2.32. The number of hydrogen-bond donors (Lipinski definition) is 2. The molecule has 0 aliphatic heterocycles. The summed E-state index contributed by atoms with van der Waals surface area (Å²) in [6.45, 7) is 24.5. The van der Waals surface area contributed by atoms with Crippen LogP contribution >= 0.6 is 15.8 Å². The summed E-state index contributed by atoms with van der Waals surface area (Å²) in [6, 6.07) is 40.3. The van der Waals surface area contributed by atoms with Gasteiger partial charge in [-0.15, -0.1) is 0 Å². The predicted octanol–water partition coefficient (Wildman–Crippen LogP) is 10.6. The molecule has 6 aromatic rings. The molecule has 0 unspecified atom stereocenters. The Morgan fingerprint density at radius 3 is 0.867 bits per heavy atom. The fourth-order valence-electron chi connectivity index (χ4n) is 8.69. The molecule has 2 N–H and O–H groups in total. The number of aliphatic carboxylic acids is 2. The van der Waals surface area contributed by atoms with Crippen LogP contribution in [0.4, 0.5) is 0 Å². The first-order chi connectivity index (χ1) is 28.1. The minimum atomic E-state index is -1.20. The molecular weight excluding hydrogens is 775 g/mol. The maximum absolute atomic E-state index is 13.0. The highest BCUT2D eigenvalue weighted by molar-refractivity contribution is 7.80. The minimum absolute atomic E-state index is 0.287. The third kappa shape index (κ3) is 9.84. The van der Waals surface area contributed by atoms with E-state index in [-0.39, 0.29) is 12.8 Å². The van der Waals surface area contributed by atoms with Gasteiger partial charge in [-0.25, -0.2) is 0 Å². The quantitative estimate of drug-likeness (QED) is 0.114. The van der Waals surface area contributed by atoms with Gasteiger partial charge in [0.15, 0.2) is 0 Å². The molecule has 0 heterocycles. The molecule has 0 aliphatic rings. The van der Waals surface area contributed by atoms with Crippen molar-refractivity contribution in [1.29, 1.82) is 0 Å². The third-order valence-electron chi connectivity index (χ3n) is 11.3. The zero-order valence-electron chi connectivity index (χ0n) is 37.4. The highest BCUT2D eigenvalue weighted by Crippen LogP contribution is 2.46.